The van der Waals surface area contributed by atoms with Gasteiger partial charge in [-0.2, -0.15) is 0 Å². The second-order valence-electron chi connectivity index (χ2n) is 3.40. The predicted molar refractivity (Wildman–Crippen MR) is 50.2 cm³/mol. The molecule has 0 fully saturated rings. The molecule has 0 saturated carbocycles. The average molecular weight is 233 g/mol. The van der Waals surface area contributed by atoms with Crippen LogP contribution in [-0.4, -0.2) is 17.1 Å². The molecule has 0 radical (unpaired) electrons. The Morgan fingerprint density at radius 3 is 2.50 bits per heavy atom. The zero-order chi connectivity index (χ0) is 12.3. The lowest BCUT2D eigenvalue weighted by Gasteiger charge is -2.10. The zero-order valence-corrected chi connectivity index (χ0v) is 8.21. The Balaban J connectivity index is 2.82. The SMILES string of the molecule is N[C@@H](CC(=O)O)Cc1ccc(F)c(F)c1F. The van der Waals surface area contributed by atoms with Crippen molar-refractivity contribution in [2.45, 2.75) is 18.9 Å². The molecular weight excluding hydrogens is 223 g/mol. The van der Waals surface area contributed by atoms with Gasteiger partial charge in [-0.05, 0) is 18.1 Å². The summed E-state index contributed by atoms with van der Waals surface area (Å²) in [5.74, 6) is -5.30. The fourth-order valence-corrected chi connectivity index (χ4v) is 1.30. The molecule has 0 aromatic heterocycles. The van der Waals surface area contributed by atoms with Gasteiger partial charge in [0.15, 0.2) is 17.5 Å². The Morgan fingerprint density at radius 1 is 1.31 bits per heavy atom. The fourth-order valence-electron chi connectivity index (χ4n) is 1.30. The highest BCUT2D eigenvalue weighted by Gasteiger charge is 2.16. The van der Waals surface area contributed by atoms with Gasteiger partial charge in [0.1, 0.15) is 0 Å². The maximum absolute atomic E-state index is 13.1. The van der Waals surface area contributed by atoms with E-state index in [1.54, 1.807) is 0 Å². The van der Waals surface area contributed by atoms with Crippen LogP contribution in [-0.2, 0) is 11.2 Å². The molecule has 0 amide bonds. The van der Waals surface area contributed by atoms with Gasteiger partial charge in [0.25, 0.3) is 0 Å². The van der Waals surface area contributed by atoms with E-state index in [2.05, 4.69) is 0 Å². The number of rotatable bonds is 4. The minimum absolute atomic E-state index is 0.132. The van der Waals surface area contributed by atoms with Crippen LogP contribution in [0.3, 0.4) is 0 Å². The van der Waals surface area contributed by atoms with E-state index in [-0.39, 0.29) is 18.4 Å². The Kier molecular flexibility index (Phi) is 3.89. The third-order valence-electron chi connectivity index (χ3n) is 2.03. The van der Waals surface area contributed by atoms with Crippen LogP contribution in [0.15, 0.2) is 12.1 Å². The van der Waals surface area contributed by atoms with Crippen molar-refractivity contribution >= 4 is 5.97 Å². The molecule has 0 unspecified atom stereocenters. The van der Waals surface area contributed by atoms with Crippen LogP contribution in [0.5, 0.6) is 0 Å². The largest absolute Gasteiger partial charge is 0.481 e. The molecule has 3 N–H and O–H groups in total. The van der Waals surface area contributed by atoms with Gasteiger partial charge in [-0.25, -0.2) is 13.2 Å². The van der Waals surface area contributed by atoms with E-state index in [1.807, 2.05) is 0 Å². The molecular formula is C10H10F3NO2. The summed E-state index contributed by atoms with van der Waals surface area (Å²) in [6.07, 6.45) is -0.520. The molecule has 0 spiro atoms. The van der Waals surface area contributed by atoms with Gasteiger partial charge in [-0.3, -0.25) is 4.79 Å². The molecule has 1 atom stereocenters. The highest BCUT2D eigenvalue weighted by atomic mass is 19.2. The molecule has 0 aliphatic rings. The summed E-state index contributed by atoms with van der Waals surface area (Å²) in [7, 11) is 0. The zero-order valence-electron chi connectivity index (χ0n) is 8.21. The van der Waals surface area contributed by atoms with Crippen LogP contribution >= 0.6 is 0 Å². The van der Waals surface area contributed by atoms with Crippen LogP contribution in [0.25, 0.3) is 0 Å². The first-order valence-electron chi connectivity index (χ1n) is 4.51. The fraction of sp³-hybridized carbons (Fsp3) is 0.300. The first-order chi connectivity index (χ1) is 7.41. The number of halogens is 3. The first-order valence-corrected chi connectivity index (χ1v) is 4.51. The van der Waals surface area contributed by atoms with E-state index in [0.717, 1.165) is 12.1 Å². The highest BCUT2D eigenvalue weighted by molar-refractivity contribution is 5.67. The normalized spacial score (nSPS) is 12.5. The topological polar surface area (TPSA) is 63.3 Å². The molecule has 16 heavy (non-hydrogen) atoms. The maximum Gasteiger partial charge on any atom is 0.304 e. The van der Waals surface area contributed by atoms with Gasteiger partial charge in [0, 0.05) is 6.04 Å². The molecule has 0 aliphatic heterocycles. The number of carboxylic acid groups (broad SMARTS) is 1. The Labute approximate surface area is 89.7 Å². The number of hydrogen-bond donors (Lipinski definition) is 2. The molecule has 6 heteroatoms. The number of carboxylic acids is 1. The summed E-state index contributed by atoms with van der Waals surface area (Å²) < 4.78 is 38.5. The van der Waals surface area contributed by atoms with Crippen LogP contribution in [0, 0.1) is 17.5 Å². The van der Waals surface area contributed by atoms with Gasteiger partial charge >= 0.3 is 5.97 Å². The maximum atomic E-state index is 13.1. The van der Waals surface area contributed by atoms with Gasteiger partial charge in [0.05, 0.1) is 6.42 Å². The summed E-state index contributed by atoms with van der Waals surface area (Å²) in [6.45, 7) is 0. The number of benzene rings is 1. The summed E-state index contributed by atoms with van der Waals surface area (Å²) >= 11 is 0. The van der Waals surface area contributed by atoms with Gasteiger partial charge in [0.2, 0.25) is 0 Å². The van der Waals surface area contributed by atoms with Crippen molar-refractivity contribution < 1.29 is 23.1 Å². The monoisotopic (exact) mass is 233 g/mol. The van der Waals surface area contributed by atoms with Gasteiger partial charge < -0.3 is 10.8 Å². The van der Waals surface area contributed by atoms with Gasteiger partial charge in [-0.1, -0.05) is 6.07 Å². The summed E-state index contributed by atoms with van der Waals surface area (Å²) in [6, 6.07) is 0.994. The van der Waals surface area contributed by atoms with E-state index >= 15 is 0 Å². The summed E-state index contributed by atoms with van der Waals surface area (Å²) in [4.78, 5) is 10.3. The molecule has 1 rings (SSSR count). The van der Waals surface area contributed by atoms with Crippen molar-refractivity contribution in [1.82, 2.24) is 0 Å². The minimum atomic E-state index is -1.57. The lowest BCUT2D eigenvalue weighted by atomic mass is 10.0. The molecule has 3 nitrogen and oxygen atoms in total. The third kappa shape index (κ3) is 2.96. The quantitative estimate of drug-likeness (QED) is 0.773. The Morgan fingerprint density at radius 2 is 1.94 bits per heavy atom. The van der Waals surface area contributed by atoms with E-state index in [9.17, 15) is 18.0 Å². The first kappa shape index (κ1) is 12.5. The van der Waals surface area contributed by atoms with E-state index < -0.39 is 29.5 Å². The second-order valence-corrected chi connectivity index (χ2v) is 3.40. The molecule has 0 bridgehead atoms. The highest BCUT2D eigenvalue weighted by Crippen LogP contribution is 2.16. The Bertz CT molecular complexity index is 409. The molecule has 0 aliphatic carbocycles. The lowest BCUT2D eigenvalue weighted by Crippen LogP contribution is -2.26. The molecule has 0 saturated heterocycles. The van der Waals surface area contributed by atoms with E-state index in [0.29, 0.717) is 0 Å². The van der Waals surface area contributed by atoms with Crippen molar-refractivity contribution in [2.75, 3.05) is 0 Å². The minimum Gasteiger partial charge on any atom is -0.481 e. The number of carbonyl (C=O) groups is 1. The number of aliphatic carboxylic acids is 1. The standard InChI is InChI=1S/C10H10F3NO2/c11-7-2-1-5(9(12)10(7)13)3-6(14)4-8(15)16/h1-2,6H,3-4,14H2,(H,15,16)/t6-/m1/s1. The molecule has 0 heterocycles. The van der Waals surface area contributed by atoms with Crippen molar-refractivity contribution in [2.24, 2.45) is 5.73 Å². The van der Waals surface area contributed by atoms with Crippen LogP contribution in [0.2, 0.25) is 0 Å². The van der Waals surface area contributed by atoms with E-state index in [1.165, 1.54) is 0 Å². The number of hydrogen-bond acceptors (Lipinski definition) is 2. The summed E-state index contributed by atoms with van der Waals surface area (Å²) in [5.41, 5.74) is 5.27. The smallest absolute Gasteiger partial charge is 0.304 e. The summed E-state index contributed by atoms with van der Waals surface area (Å²) in [5, 5.41) is 8.42. The van der Waals surface area contributed by atoms with Crippen LogP contribution < -0.4 is 5.73 Å². The molecule has 1 aromatic rings. The van der Waals surface area contributed by atoms with Crippen LogP contribution in [0.4, 0.5) is 13.2 Å². The molecule has 1 aromatic carbocycles. The van der Waals surface area contributed by atoms with Crippen LogP contribution in [0.1, 0.15) is 12.0 Å². The average Bonchev–Trinajstić information content (AvgIpc) is 2.18. The van der Waals surface area contributed by atoms with Crippen molar-refractivity contribution in [3.63, 3.8) is 0 Å². The Hall–Kier alpha value is -1.56. The van der Waals surface area contributed by atoms with Gasteiger partial charge in [-0.15, -0.1) is 0 Å². The number of nitrogens with two attached hydrogens (primary N) is 1. The molecule has 88 valence electrons. The third-order valence-corrected chi connectivity index (χ3v) is 2.03. The van der Waals surface area contributed by atoms with E-state index in [4.69, 9.17) is 10.8 Å². The second kappa shape index (κ2) is 4.98. The lowest BCUT2D eigenvalue weighted by molar-refractivity contribution is -0.137. The van der Waals surface area contributed by atoms with Crippen molar-refractivity contribution in [3.8, 4) is 0 Å². The van der Waals surface area contributed by atoms with Crippen molar-refractivity contribution in [1.29, 1.82) is 0 Å². The predicted octanol–water partition coefficient (Wildman–Crippen LogP) is 1.45. The van der Waals surface area contributed by atoms with Crippen molar-refractivity contribution in [3.05, 3.63) is 35.1 Å².